The summed E-state index contributed by atoms with van der Waals surface area (Å²) < 4.78 is 100. The van der Waals surface area contributed by atoms with Crippen molar-refractivity contribution in [1.29, 1.82) is 0 Å². The van der Waals surface area contributed by atoms with Gasteiger partial charge in [0.15, 0.2) is 0 Å². The van der Waals surface area contributed by atoms with Gasteiger partial charge in [0.2, 0.25) is 0 Å². The first-order chi connectivity index (χ1) is 28.4. The Kier molecular flexibility index (Phi) is 16.2. The zero-order valence-corrected chi connectivity index (χ0v) is 47.6. The van der Waals surface area contributed by atoms with Crippen molar-refractivity contribution in [2.45, 2.75) is 165 Å². The number of hydrogen-bond donors (Lipinski definition) is 1. The summed E-state index contributed by atoms with van der Waals surface area (Å²) in [7, 11) is -31.6. The van der Waals surface area contributed by atoms with E-state index in [9.17, 15) is 5.11 Å². The van der Waals surface area contributed by atoms with Crippen molar-refractivity contribution in [3.05, 3.63) is 29.8 Å². The van der Waals surface area contributed by atoms with Gasteiger partial charge in [-0.25, -0.2) is 0 Å². The lowest BCUT2D eigenvalue weighted by atomic mass is 10.2. The first-order valence-corrected chi connectivity index (χ1v) is 38.6. The molecule has 8 bridgehead atoms. The number of aliphatic hydroxyl groups excluding tert-OH is 1. The van der Waals surface area contributed by atoms with Crippen molar-refractivity contribution < 1.29 is 59.2 Å². The lowest BCUT2D eigenvalue weighted by Gasteiger charge is -2.64. The molecule has 0 aromatic heterocycles. The van der Waals surface area contributed by atoms with E-state index in [2.05, 4.69) is 96.9 Å². The molecule has 1 aromatic carbocycles. The summed E-state index contributed by atoms with van der Waals surface area (Å²) in [6, 6.07) is 11.2. The quantitative estimate of drug-likeness (QED) is 0.0923. The van der Waals surface area contributed by atoms with Gasteiger partial charge in [-0.3, -0.25) is 0 Å². The second kappa shape index (κ2) is 19.5. The number of hydrogen-bond acceptors (Lipinski definition) is 14. The fraction of sp³-hybridized carbons (Fsp3) is 0.846. The van der Waals surface area contributed by atoms with Gasteiger partial charge in [-0.1, -0.05) is 109 Å². The van der Waals surface area contributed by atoms with Crippen molar-refractivity contribution in [3.8, 4) is 5.75 Å². The first kappa shape index (κ1) is 50.6. The minimum absolute atomic E-state index is 0.0134. The number of ether oxygens (including phenoxy) is 1. The van der Waals surface area contributed by atoms with E-state index in [0.717, 1.165) is 11.3 Å². The van der Waals surface area contributed by atoms with E-state index in [-0.39, 0.29) is 48.0 Å². The maximum absolute atomic E-state index is 9.54. The van der Waals surface area contributed by atoms with Gasteiger partial charge in [-0.05, 0) is 72.0 Å². The van der Waals surface area contributed by atoms with Crippen molar-refractivity contribution in [1.82, 2.24) is 0 Å². The third-order valence-electron chi connectivity index (χ3n) is 10.6. The van der Waals surface area contributed by atoms with E-state index in [1.165, 1.54) is 0 Å². The lowest BCUT2D eigenvalue weighted by Crippen LogP contribution is -2.88. The van der Waals surface area contributed by atoms with Crippen LogP contribution in [0.4, 0.5) is 0 Å². The van der Waals surface area contributed by atoms with E-state index in [0.29, 0.717) is 67.8 Å². The van der Waals surface area contributed by atoms with Crippen molar-refractivity contribution in [2.24, 2.45) is 41.4 Å². The average molecular weight is 996 g/mol. The fourth-order valence-electron chi connectivity index (χ4n) is 9.20. The second-order valence-electron chi connectivity index (χ2n) is 21.0. The molecule has 7 rings (SSSR count). The van der Waals surface area contributed by atoms with Crippen LogP contribution < -0.4 is 4.74 Å². The van der Waals surface area contributed by atoms with Crippen molar-refractivity contribution in [3.63, 3.8) is 0 Å². The Morgan fingerprint density at radius 2 is 0.623 bits per heavy atom. The Balaban J connectivity index is 1.61. The fourth-order valence-corrected chi connectivity index (χ4v) is 60.8. The van der Waals surface area contributed by atoms with E-state index in [1.54, 1.807) is 0 Å². The molecule has 0 atom stereocenters. The van der Waals surface area contributed by atoms with Crippen LogP contribution in [0.25, 0.3) is 0 Å². The molecule has 1 N–H and O–H groups in total. The number of rotatable bonds is 21. The molecule has 6 aliphatic heterocycles. The van der Waals surface area contributed by atoms with Gasteiger partial charge in [0.05, 0.1) is 13.2 Å². The molecule has 0 aliphatic carbocycles. The predicted molar refractivity (Wildman–Crippen MR) is 248 cm³/mol. The van der Waals surface area contributed by atoms with E-state index in [4.69, 9.17) is 54.1 Å². The SMILES string of the molecule is CC(C)C[Si]12O[Si]3(CCCCOc4ccc(CO)cc4)O[Si]4(CC(C)C)O[Si](CC(C)C)(O1)O[Si]1(CC(C)C)O[Si](CC(C)C)(O2)O[Si](CC(C)C)(O3)O[Si](CC(C)C)(O4)O1. The van der Waals surface area contributed by atoms with Crippen molar-refractivity contribution in [2.75, 3.05) is 6.61 Å². The molecule has 22 heteroatoms. The van der Waals surface area contributed by atoms with Gasteiger partial charge in [0.1, 0.15) is 5.75 Å². The Hall–Kier alpha value is 0.235. The highest BCUT2D eigenvalue weighted by molar-refractivity contribution is 7.03. The summed E-state index contributed by atoms with van der Waals surface area (Å²) in [5.41, 5.74) is 0.837. The van der Waals surface area contributed by atoms with Crippen LogP contribution >= 0.6 is 0 Å². The monoisotopic (exact) mass is 994 g/mol. The summed E-state index contributed by atoms with van der Waals surface area (Å²) >= 11 is 0. The Morgan fingerprint density at radius 1 is 0.377 bits per heavy atom. The number of benzene rings is 1. The third kappa shape index (κ3) is 12.4. The van der Waals surface area contributed by atoms with E-state index < -0.39 is 70.4 Å². The van der Waals surface area contributed by atoms with Crippen LogP contribution in [-0.2, 0) is 56.0 Å². The Morgan fingerprint density at radius 3 is 0.852 bits per heavy atom. The highest BCUT2D eigenvalue weighted by Gasteiger charge is 2.83. The minimum atomic E-state index is -4.01. The highest BCUT2D eigenvalue weighted by Crippen LogP contribution is 2.56. The van der Waals surface area contributed by atoms with Crippen LogP contribution in [0.1, 0.15) is 115 Å². The summed E-state index contributed by atoms with van der Waals surface area (Å²) in [5.74, 6) is 1.49. The van der Waals surface area contributed by atoms with E-state index in [1.807, 2.05) is 24.3 Å². The average Bonchev–Trinajstić information content (AvgIpc) is 3.02. The molecule has 0 spiro atoms. The predicted octanol–water partition coefficient (Wildman–Crippen LogP) is 9.71. The zero-order chi connectivity index (χ0) is 44.7. The molecular weight excluding hydrogens is 917 g/mol. The number of aliphatic hydroxyl groups is 1. The van der Waals surface area contributed by atoms with Gasteiger partial charge in [0.25, 0.3) is 0 Å². The standard InChI is InChI=1S/C39H78O14Si8/c1-31(2)24-55-42-54(22-16-15-21-41-39-19-17-38(23-40)18-20-39)43-56(25-32(3)4)47-58(45-55,27-34(7)8)51-61(30-37(13)14)52-59(46-55,28-35(9)10)48-57(44-54,26-33(5)6)50-60(49-56,53-61)29-36(11)12/h17-20,31-37,40H,15-16,21-30H2,1-14H3. The van der Waals surface area contributed by atoms with Crippen LogP contribution in [0, 0.1) is 41.4 Å². The van der Waals surface area contributed by atoms with E-state index >= 15 is 0 Å². The molecule has 6 saturated heterocycles. The molecule has 14 nitrogen and oxygen atoms in total. The summed E-state index contributed by atoms with van der Waals surface area (Å²) in [5, 5.41) is 9.54. The van der Waals surface area contributed by atoms with Crippen LogP contribution in [0.3, 0.4) is 0 Å². The normalized spacial score (nSPS) is 37.3. The Labute approximate surface area is 376 Å². The first-order valence-electron chi connectivity index (χ1n) is 23.2. The molecule has 61 heavy (non-hydrogen) atoms. The second-order valence-corrected chi connectivity index (χ2v) is 45.1. The zero-order valence-electron chi connectivity index (χ0n) is 39.6. The molecule has 1 aromatic rings. The highest BCUT2D eigenvalue weighted by atomic mass is 28.6. The molecule has 0 saturated carbocycles. The molecule has 6 fully saturated rings. The maximum atomic E-state index is 9.54. The topological polar surface area (TPSA) is 140 Å². The molecule has 0 unspecified atom stereocenters. The van der Waals surface area contributed by atoms with Crippen LogP contribution in [0.2, 0.25) is 48.4 Å². The molecule has 0 amide bonds. The van der Waals surface area contributed by atoms with Crippen LogP contribution in [0.15, 0.2) is 24.3 Å². The van der Waals surface area contributed by atoms with Crippen LogP contribution in [0.5, 0.6) is 5.75 Å². The minimum Gasteiger partial charge on any atom is -0.494 e. The summed E-state index contributed by atoms with van der Waals surface area (Å²) in [6.07, 6.45) is 1.34. The summed E-state index contributed by atoms with van der Waals surface area (Å²) in [6.45, 7) is 30.8. The molecule has 0 radical (unpaired) electrons. The molecular formula is C39H78O14Si8. The smallest absolute Gasteiger partial charge is 0.479 e. The third-order valence-corrected chi connectivity index (χ3v) is 50.6. The van der Waals surface area contributed by atoms with Gasteiger partial charge >= 0.3 is 70.4 Å². The largest absolute Gasteiger partial charge is 0.494 e. The van der Waals surface area contributed by atoms with Gasteiger partial charge in [0, 0.05) is 48.4 Å². The lowest BCUT2D eigenvalue weighted by molar-refractivity contribution is -0.0341. The maximum Gasteiger partial charge on any atom is 0.479 e. The molecule has 6 aliphatic rings. The van der Waals surface area contributed by atoms with Crippen molar-refractivity contribution >= 4 is 70.4 Å². The van der Waals surface area contributed by atoms with Crippen LogP contribution in [-0.4, -0.2) is 82.1 Å². The molecule has 350 valence electrons. The van der Waals surface area contributed by atoms with Gasteiger partial charge in [-0.2, -0.15) is 0 Å². The number of unbranched alkanes of at least 4 members (excludes halogenated alkanes) is 1. The van der Waals surface area contributed by atoms with Gasteiger partial charge < -0.3 is 59.2 Å². The molecule has 6 heterocycles. The van der Waals surface area contributed by atoms with Gasteiger partial charge in [-0.15, -0.1) is 0 Å². The summed E-state index contributed by atoms with van der Waals surface area (Å²) in [4.78, 5) is 0. The Bertz CT molecular complexity index is 1450.